The summed E-state index contributed by atoms with van der Waals surface area (Å²) in [4.78, 5) is 29.9. The molecule has 3 rings (SSSR count). The van der Waals surface area contributed by atoms with Crippen LogP contribution in [0.5, 0.6) is 0 Å². The summed E-state index contributed by atoms with van der Waals surface area (Å²) >= 11 is 3.30. The van der Waals surface area contributed by atoms with Gasteiger partial charge in [-0.15, -0.1) is 0 Å². The van der Waals surface area contributed by atoms with Gasteiger partial charge in [0.25, 0.3) is 5.91 Å². The fourth-order valence-electron chi connectivity index (χ4n) is 2.68. The highest BCUT2D eigenvalue weighted by Gasteiger charge is 2.23. The minimum absolute atomic E-state index is 0.157. The Morgan fingerprint density at radius 1 is 1.30 bits per heavy atom. The summed E-state index contributed by atoms with van der Waals surface area (Å²) in [5, 5.41) is 2.85. The fraction of sp³-hybridized carbons (Fsp3) is 0.235. The summed E-state index contributed by atoms with van der Waals surface area (Å²) < 4.78 is 0.754. The minimum Gasteiger partial charge on any atom is -0.322 e. The Kier molecular flexibility index (Phi) is 4.43. The fourth-order valence-corrected chi connectivity index (χ4v) is 3.04. The van der Waals surface area contributed by atoms with Crippen molar-refractivity contribution in [2.45, 2.75) is 19.8 Å². The molecule has 1 fully saturated rings. The molecule has 0 unspecified atom stereocenters. The molecule has 1 aliphatic rings. The topological polar surface area (TPSA) is 62.3 Å². The third kappa shape index (κ3) is 3.42. The molecule has 1 aliphatic heterocycles. The van der Waals surface area contributed by atoms with E-state index in [1.807, 2.05) is 25.1 Å². The highest BCUT2D eigenvalue weighted by molar-refractivity contribution is 9.10. The van der Waals surface area contributed by atoms with E-state index >= 15 is 0 Å². The average Bonchev–Trinajstić information content (AvgIpc) is 2.93. The Balaban J connectivity index is 1.78. The standard InChI is InChI=1S/C17H16BrN3O2/c1-11-7-14(4-5-15(11)21-6-2-3-16(21)22)20-17(23)12-8-13(18)10-19-9-12/h4-5,7-10H,2-3,6H2,1H3,(H,20,23). The summed E-state index contributed by atoms with van der Waals surface area (Å²) in [6.45, 7) is 2.70. The van der Waals surface area contributed by atoms with Gasteiger partial charge in [0.15, 0.2) is 0 Å². The molecule has 0 radical (unpaired) electrons. The molecule has 1 aromatic heterocycles. The number of aromatic nitrogens is 1. The molecular formula is C17H16BrN3O2. The van der Waals surface area contributed by atoms with Crippen molar-refractivity contribution in [3.8, 4) is 0 Å². The van der Waals surface area contributed by atoms with Gasteiger partial charge in [0.2, 0.25) is 5.91 Å². The highest BCUT2D eigenvalue weighted by Crippen LogP contribution is 2.27. The molecule has 2 amide bonds. The number of nitrogens with zero attached hydrogens (tertiary/aromatic N) is 2. The van der Waals surface area contributed by atoms with Crippen LogP contribution >= 0.6 is 15.9 Å². The van der Waals surface area contributed by atoms with Gasteiger partial charge < -0.3 is 10.2 Å². The van der Waals surface area contributed by atoms with E-state index < -0.39 is 0 Å². The van der Waals surface area contributed by atoms with Crippen LogP contribution in [-0.4, -0.2) is 23.3 Å². The largest absolute Gasteiger partial charge is 0.322 e. The second kappa shape index (κ2) is 6.50. The van der Waals surface area contributed by atoms with Gasteiger partial charge in [0.1, 0.15) is 0 Å². The van der Waals surface area contributed by atoms with Crippen molar-refractivity contribution in [1.29, 1.82) is 0 Å². The van der Waals surface area contributed by atoms with E-state index in [4.69, 9.17) is 0 Å². The van der Waals surface area contributed by atoms with E-state index in [-0.39, 0.29) is 11.8 Å². The molecule has 6 heteroatoms. The number of pyridine rings is 1. The van der Waals surface area contributed by atoms with Crippen LogP contribution in [0.2, 0.25) is 0 Å². The van der Waals surface area contributed by atoms with Gasteiger partial charge in [-0.05, 0) is 59.1 Å². The van der Waals surface area contributed by atoms with E-state index in [0.29, 0.717) is 17.7 Å². The van der Waals surface area contributed by atoms with Crippen molar-refractivity contribution in [1.82, 2.24) is 4.98 Å². The maximum atomic E-state index is 12.2. The third-order valence-electron chi connectivity index (χ3n) is 3.79. The van der Waals surface area contributed by atoms with Crippen molar-refractivity contribution < 1.29 is 9.59 Å². The normalized spacial score (nSPS) is 14.2. The molecule has 2 aromatic rings. The quantitative estimate of drug-likeness (QED) is 0.894. The SMILES string of the molecule is Cc1cc(NC(=O)c2cncc(Br)c2)ccc1N1CCCC1=O. The molecule has 0 spiro atoms. The van der Waals surface area contributed by atoms with E-state index in [1.165, 1.54) is 6.20 Å². The number of hydrogen-bond donors (Lipinski definition) is 1. The first-order chi connectivity index (χ1) is 11.0. The summed E-state index contributed by atoms with van der Waals surface area (Å²) in [6.07, 6.45) is 4.65. The van der Waals surface area contributed by atoms with Crippen LogP contribution in [-0.2, 0) is 4.79 Å². The Bertz CT molecular complexity index is 776. The number of halogens is 1. The molecule has 1 saturated heterocycles. The van der Waals surface area contributed by atoms with Gasteiger partial charge in [-0.25, -0.2) is 0 Å². The Morgan fingerprint density at radius 3 is 2.78 bits per heavy atom. The predicted octanol–water partition coefficient (Wildman–Crippen LogP) is 3.53. The first-order valence-electron chi connectivity index (χ1n) is 7.37. The molecule has 0 aliphatic carbocycles. The van der Waals surface area contributed by atoms with Crippen LogP contribution in [0.4, 0.5) is 11.4 Å². The van der Waals surface area contributed by atoms with Crippen LogP contribution in [0.25, 0.3) is 0 Å². The lowest BCUT2D eigenvalue weighted by Gasteiger charge is -2.19. The molecule has 5 nitrogen and oxygen atoms in total. The minimum atomic E-state index is -0.219. The van der Waals surface area contributed by atoms with Crippen LogP contribution < -0.4 is 10.2 Å². The number of hydrogen-bond acceptors (Lipinski definition) is 3. The van der Waals surface area contributed by atoms with Crippen molar-refractivity contribution in [3.05, 3.63) is 52.3 Å². The maximum Gasteiger partial charge on any atom is 0.257 e. The van der Waals surface area contributed by atoms with Crippen LogP contribution in [0.15, 0.2) is 41.1 Å². The summed E-state index contributed by atoms with van der Waals surface area (Å²) in [5.74, 6) is -0.0618. The van der Waals surface area contributed by atoms with Gasteiger partial charge in [-0.1, -0.05) is 0 Å². The molecule has 118 valence electrons. The number of rotatable bonds is 3. The maximum absolute atomic E-state index is 12.2. The number of aryl methyl sites for hydroxylation is 1. The lowest BCUT2D eigenvalue weighted by Crippen LogP contribution is -2.24. The second-order valence-electron chi connectivity index (χ2n) is 5.50. The molecule has 0 bridgehead atoms. The third-order valence-corrected chi connectivity index (χ3v) is 4.22. The zero-order chi connectivity index (χ0) is 16.4. The summed E-state index contributed by atoms with van der Waals surface area (Å²) in [7, 11) is 0. The van der Waals surface area contributed by atoms with Gasteiger partial charge in [0, 0.05) is 41.2 Å². The van der Waals surface area contributed by atoms with E-state index in [0.717, 1.165) is 28.7 Å². The van der Waals surface area contributed by atoms with E-state index in [2.05, 4.69) is 26.2 Å². The monoisotopic (exact) mass is 373 g/mol. The van der Waals surface area contributed by atoms with Crippen molar-refractivity contribution in [2.75, 3.05) is 16.8 Å². The number of benzene rings is 1. The smallest absolute Gasteiger partial charge is 0.257 e. The molecule has 23 heavy (non-hydrogen) atoms. The summed E-state index contributed by atoms with van der Waals surface area (Å²) in [5.41, 5.74) is 3.05. The molecule has 2 heterocycles. The van der Waals surface area contributed by atoms with Crippen LogP contribution in [0.3, 0.4) is 0 Å². The molecular weight excluding hydrogens is 358 g/mol. The first kappa shape index (κ1) is 15.7. The van der Waals surface area contributed by atoms with Gasteiger partial charge >= 0.3 is 0 Å². The van der Waals surface area contributed by atoms with Gasteiger partial charge in [-0.2, -0.15) is 0 Å². The van der Waals surface area contributed by atoms with E-state index in [9.17, 15) is 9.59 Å². The lowest BCUT2D eigenvalue weighted by molar-refractivity contribution is -0.117. The highest BCUT2D eigenvalue weighted by atomic mass is 79.9. The number of anilines is 2. The van der Waals surface area contributed by atoms with Crippen molar-refractivity contribution >= 4 is 39.1 Å². The zero-order valence-corrected chi connectivity index (χ0v) is 14.3. The first-order valence-corrected chi connectivity index (χ1v) is 8.17. The predicted molar refractivity (Wildman–Crippen MR) is 92.7 cm³/mol. The zero-order valence-electron chi connectivity index (χ0n) is 12.7. The Hall–Kier alpha value is -2.21. The average molecular weight is 374 g/mol. The number of carbonyl (C=O) groups is 2. The van der Waals surface area contributed by atoms with Gasteiger partial charge in [-0.3, -0.25) is 14.6 Å². The Labute approximate surface area is 142 Å². The van der Waals surface area contributed by atoms with E-state index in [1.54, 1.807) is 17.2 Å². The van der Waals surface area contributed by atoms with Crippen molar-refractivity contribution in [2.24, 2.45) is 0 Å². The van der Waals surface area contributed by atoms with Crippen molar-refractivity contribution in [3.63, 3.8) is 0 Å². The number of amides is 2. The number of carbonyl (C=O) groups excluding carboxylic acids is 2. The molecule has 1 N–H and O–H groups in total. The molecule has 0 atom stereocenters. The second-order valence-corrected chi connectivity index (χ2v) is 6.41. The summed E-state index contributed by atoms with van der Waals surface area (Å²) in [6, 6.07) is 7.29. The lowest BCUT2D eigenvalue weighted by atomic mass is 10.1. The van der Waals surface area contributed by atoms with Gasteiger partial charge in [0.05, 0.1) is 5.56 Å². The molecule has 1 aromatic carbocycles. The molecule has 0 saturated carbocycles. The number of nitrogens with one attached hydrogen (secondary N) is 1. The van der Waals surface area contributed by atoms with Crippen LogP contribution in [0.1, 0.15) is 28.8 Å². The van der Waals surface area contributed by atoms with Crippen LogP contribution in [0, 0.1) is 6.92 Å². The Morgan fingerprint density at radius 2 is 2.13 bits per heavy atom.